The summed E-state index contributed by atoms with van der Waals surface area (Å²) in [6.07, 6.45) is 0.751. The molecule has 2 amide bonds. The van der Waals surface area contributed by atoms with E-state index in [0.717, 1.165) is 12.0 Å². The molecule has 0 saturated heterocycles. The van der Waals surface area contributed by atoms with E-state index < -0.39 is 0 Å². The van der Waals surface area contributed by atoms with Gasteiger partial charge in [0, 0.05) is 17.7 Å². The van der Waals surface area contributed by atoms with Gasteiger partial charge in [-0.2, -0.15) is 0 Å². The lowest BCUT2D eigenvalue weighted by Crippen LogP contribution is -2.26. The number of benzene rings is 3. The number of para-hydroxylation sites is 2. The SMILES string of the molecule is CCOc1ccccc1NC(=O)c1cccc(C(=O)NCCc2ccccc2)c1. The smallest absolute Gasteiger partial charge is 0.255 e. The third-order valence-corrected chi connectivity index (χ3v) is 4.36. The average Bonchev–Trinajstić information content (AvgIpc) is 2.76. The van der Waals surface area contributed by atoms with E-state index in [-0.39, 0.29) is 11.8 Å². The van der Waals surface area contributed by atoms with Crippen LogP contribution in [0.2, 0.25) is 0 Å². The van der Waals surface area contributed by atoms with E-state index in [1.54, 1.807) is 36.4 Å². The molecule has 3 aromatic carbocycles. The van der Waals surface area contributed by atoms with E-state index in [1.165, 1.54) is 0 Å². The normalized spacial score (nSPS) is 10.2. The molecule has 148 valence electrons. The Labute approximate surface area is 170 Å². The maximum absolute atomic E-state index is 12.6. The number of ether oxygens (including phenoxy) is 1. The fraction of sp³-hybridized carbons (Fsp3) is 0.167. The average molecular weight is 388 g/mol. The zero-order chi connectivity index (χ0) is 20.5. The van der Waals surface area contributed by atoms with Crippen LogP contribution in [0, 0.1) is 0 Å². The summed E-state index contributed by atoms with van der Waals surface area (Å²) in [6, 6.07) is 23.9. The second-order valence-electron chi connectivity index (χ2n) is 6.46. The summed E-state index contributed by atoms with van der Waals surface area (Å²) in [5, 5.41) is 5.75. The largest absolute Gasteiger partial charge is 0.492 e. The molecule has 0 aliphatic rings. The fourth-order valence-electron chi connectivity index (χ4n) is 2.91. The second kappa shape index (κ2) is 10.1. The summed E-state index contributed by atoms with van der Waals surface area (Å²) in [4.78, 5) is 25.1. The van der Waals surface area contributed by atoms with Crippen LogP contribution in [-0.2, 0) is 6.42 Å². The zero-order valence-corrected chi connectivity index (χ0v) is 16.4. The van der Waals surface area contributed by atoms with Crippen molar-refractivity contribution in [3.8, 4) is 5.75 Å². The van der Waals surface area contributed by atoms with Crippen LogP contribution >= 0.6 is 0 Å². The number of hydrogen-bond acceptors (Lipinski definition) is 3. The Morgan fingerprint density at radius 3 is 2.28 bits per heavy atom. The highest BCUT2D eigenvalue weighted by molar-refractivity contribution is 6.06. The van der Waals surface area contributed by atoms with Gasteiger partial charge in [0.05, 0.1) is 12.3 Å². The molecule has 5 heteroatoms. The molecule has 0 radical (unpaired) electrons. The topological polar surface area (TPSA) is 67.4 Å². The first-order valence-electron chi connectivity index (χ1n) is 9.62. The van der Waals surface area contributed by atoms with Gasteiger partial charge in [-0.25, -0.2) is 0 Å². The van der Waals surface area contributed by atoms with Crippen LogP contribution in [0.4, 0.5) is 5.69 Å². The van der Waals surface area contributed by atoms with Crippen LogP contribution in [0.3, 0.4) is 0 Å². The lowest BCUT2D eigenvalue weighted by molar-refractivity contribution is 0.0954. The zero-order valence-electron chi connectivity index (χ0n) is 16.4. The monoisotopic (exact) mass is 388 g/mol. The van der Waals surface area contributed by atoms with Gasteiger partial charge in [0.15, 0.2) is 0 Å². The number of amides is 2. The number of carbonyl (C=O) groups is 2. The van der Waals surface area contributed by atoms with Gasteiger partial charge >= 0.3 is 0 Å². The second-order valence-corrected chi connectivity index (χ2v) is 6.46. The third-order valence-electron chi connectivity index (χ3n) is 4.36. The third kappa shape index (κ3) is 5.69. The number of anilines is 1. The van der Waals surface area contributed by atoms with Gasteiger partial charge in [0.2, 0.25) is 0 Å². The van der Waals surface area contributed by atoms with Crippen molar-refractivity contribution in [2.24, 2.45) is 0 Å². The van der Waals surface area contributed by atoms with Crippen molar-refractivity contribution < 1.29 is 14.3 Å². The molecule has 0 atom stereocenters. The van der Waals surface area contributed by atoms with Gasteiger partial charge in [-0.05, 0) is 49.2 Å². The number of hydrogen-bond donors (Lipinski definition) is 2. The van der Waals surface area contributed by atoms with Crippen LogP contribution in [0.15, 0.2) is 78.9 Å². The Hall–Kier alpha value is -3.60. The first-order valence-corrected chi connectivity index (χ1v) is 9.62. The van der Waals surface area contributed by atoms with Crippen LogP contribution in [0.5, 0.6) is 5.75 Å². The highest BCUT2D eigenvalue weighted by Gasteiger charge is 2.12. The van der Waals surface area contributed by atoms with E-state index in [1.807, 2.05) is 49.4 Å². The maximum atomic E-state index is 12.6. The molecule has 0 bridgehead atoms. The first-order chi connectivity index (χ1) is 14.2. The van der Waals surface area contributed by atoms with Gasteiger partial charge in [-0.3, -0.25) is 9.59 Å². The molecule has 0 heterocycles. The summed E-state index contributed by atoms with van der Waals surface area (Å²) in [5.41, 5.74) is 2.61. The molecule has 2 N–H and O–H groups in total. The van der Waals surface area contributed by atoms with Crippen molar-refractivity contribution in [2.75, 3.05) is 18.5 Å². The highest BCUT2D eigenvalue weighted by atomic mass is 16.5. The molecule has 0 unspecified atom stereocenters. The summed E-state index contributed by atoms with van der Waals surface area (Å²) in [5.74, 6) is 0.111. The molecule has 0 aliphatic heterocycles. The van der Waals surface area contributed by atoms with Crippen LogP contribution in [0.1, 0.15) is 33.2 Å². The maximum Gasteiger partial charge on any atom is 0.255 e. The number of nitrogens with one attached hydrogen (secondary N) is 2. The molecular formula is C24H24N2O3. The van der Waals surface area contributed by atoms with Gasteiger partial charge in [0.25, 0.3) is 11.8 Å². The quantitative estimate of drug-likeness (QED) is 0.604. The molecule has 0 spiro atoms. The molecule has 3 rings (SSSR count). The minimum absolute atomic E-state index is 0.203. The molecule has 0 aliphatic carbocycles. The summed E-state index contributed by atoms with van der Waals surface area (Å²) < 4.78 is 5.54. The Bertz CT molecular complexity index is 971. The minimum Gasteiger partial charge on any atom is -0.492 e. The van der Waals surface area contributed by atoms with Crippen molar-refractivity contribution in [3.63, 3.8) is 0 Å². The number of carbonyl (C=O) groups excluding carboxylic acids is 2. The summed E-state index contributed by atoms with van der Waals surface area (Å²) in [7, 11) is 0. The van der Waals surface area contributed by atoms with Crippen molar-refractivity contribution >= 4 is 17.5 Å². The lowest BCUT2D eigenvalue weighted by atomic mass is 10.1. The molecule has 0 aromatic heterocycles. The van der Waals surface area contributed by atoms with E-state index >= 15 is 0 Å². The van der Waals surface area contributed by atoms with Crippen molar-refractivity contribution in [1.29, 1.82) is 0 Å². The van der Waals surface area contributed by atoms with E-state index in [9.17, 15) is 9.59 Å². The molecular weight excluding hydrogens is 364 g/mol. The van der Waals surface area contributed by atoms with E-state index in [0.29, 0.717) is 35.7 Å². The molecule has 5 nitrogen and oxygen atoms in total. The predicted molar refractivity (Wildman–Crippen MR) is 114 cm³/mol. The molecule has 3 aromatic rings. The van der Waals surface area contributed by atoms with Gasteiger partial charge in [-0.1, -0.05) is 48.5 Å². The van der Waals surface area contributed by atoms with Gasteiger partial charge in [0.1, 0.15) is 5.75 Å². The Morgan fingerprint density at radius 2 is 1.52 bits per heavy atom. The molecule has 0 fully saturated rings. The van der Waals surface area contributed by atoms with Crippen molar-refractivity contribution in [3.05, 3.63) is 95.6 Å². The Balaban J connectivity index is 1.62. The van der Waals surface area contributed by atoms with E-state index in [2.05, 4.69) is 10.6 Å². The fourth-order valence-corrected chi connectivity index (χ4v) is 2.91. The minimum atomic E-state index is -0.295. The standard InChI is InChI=1S/C24H24N2O3/c1-2-29-22-14-7-6-13-21(22)26-24(28)20-12-8-11-19(17-20)23(27)25-16-15-18-9-4-3-5-10-18/h3-14,17H,2,15-16H2,1H3,(H,25,27)(H,26,28). The Morgan fingerprint density at radius 1 is 0.828 bits per heavy atom. The first kappa shape index (κ1) is 20.1. The molecule has 29 heavy (non-hydrogen) atoms. The summed E-state index contributed by atoms with van der Waals surface area (Å²) >= 11 is 0. The van der Waals surface area contributed by atoms with Gasteiger partial charge < -0.3 is 15.4 Å². The highest BCUT2D eigenvalue weighted by Crippen LogP contribution is 2.24. The van der Waals surface area contributed by atoms with Gasteiger partial charge in [-0.15, -0.1) is 0 Å². The van der Waals surface area contributed by atoms with Crippen LogP contribution in [-0.4, -0.2) is 25.0 Å². The lowest BCUT2D eigenvalue weighted by Gasteiger charge is -2.12. The Kier molecular flexibility index (Phi) is 7.00. The van der Waals surface area contributed by atoms with Crippen molar-refractivity contribution in [2.45, 2.75) is 13.3 Å². The summed E-state index contributed by atoms with van der Waals surface area (Å²) in [6.45, 7) is 2.92. The predicted octanol–water partition coefficient (Wildman–Crippen LogP) is 4.31. The number of rotatable bonds is 8. The van der Waals surface area contributed by atoms with E-state index in [4.69, 9.17) is 4.74 Å². The molecule has 0 saturated carbocycles. The van der Waals surface area contributed by atoms with Crippen LogP contribution in [0.25, 0.3) is 0 Å². The van der Waals surface area contributed by atoms with Crippen LogP contribution < -0.4 is 15.4 Å². The van der Waals surface area contributed by atoms with Crippen molar-refractivity contribution in [1.82, 2.24) is 5.32 Å².